The van der Waals surface area contributed by atoms with E-state index < -0.39 is 17.4 Å². The monoisotopic (exact) mass is 252 g/mol. The number of rotatable bonds is 3. The molecular weight excluding hydrogens is 240 g/mol. The molecule has 0 radical (unpaired) electrons. The highest BCUT2D eigenvalue weighted by Crippen LogP contribution is 2.41. The molecule has 0 unspecified atom stereocenters. The SMILES string of the molecule is CCOC(=O)[C@H]1OC(=O)S[C@@H]1c1ccccc1. The van der Waals surface area contributed by atoms with Crippen molar-refractivity contribution in [1.82, 2.24) is 0 Å². The molecule has 1 heterocycles. The highest BCUT2D eigenvalue weighted by molar-refractivity contribution is 8.13. The molecule has 2 rings (SSSR count). The fraction of sp³-hybridized carbons (Fsp3) is 0.333. The van der Waals surface area contributed by atoms with Crippen molar-refractivity contribution in [3.05, 3.63) is 35.9 Å². The minimum absolute atomic E-state index is 0.277. The first-order valence-corrected chi connectivity index (χ1v) is 6.19. The van der Waals surface area contributed by atoms with Crippen LogP contribution in [-0.4, -0.2) is 24.0 Å². The van der Waals surface area contributed by atoms with E-state index in [1.807, 2.05) is 30.3 Å². The van der Waals surface area contributed by atoms with Gasteiger partial charge in [0.2, 0.25) is 6.10 Å². The second-order valence-corrected chi connectivity index (χ2v) is 4.57. The molecule has 1 aromatic carbocycles. The minimum atomic E-state index is -0.838. The van der Waals surface area contributed by atoms with E-state index in [1.54, 1.807) is 6.92 Å². The Labute approximate surface area is 103 Å². The van der Waals surface area contributed by atoms with Gasteiger partial charge in [-0.3, -0.25) is 0 Å². The molecule has 5 heteroatoms. The van der Waals surface area contributed by atoms with Crippen molar-refractivity contribution in [2.45, 2.75) is 18.3 Å². The summed E-state index contributed by atoms with van der Waals surface area (Å²) in [5, 5.41) is -0.750. The molecule has 1 aliphatic heterocycles. The maximum absolute atomic E-state index is 11.7. The zero-order chi connectivity index (χ0) is 12.3. The maximum atomic E-state index is 11.7. The highest BCUT2D eigenvalue weighted by atomic mass is 32.2. The van der Waals surface area contributed by atoms with Gasteiger partial charge < -0.3 is 9.47 Å². The molecule has 0 aromatic heterocycles. The number of benzene rings is 1. The minimum Gasteiger partial charge on any atom is -0.463 e. The van der Waals surface area contributed by atoms with Gasteiger partial charge in [-0.15, -0.1) is 0 Å². The molecule has 4 nitrogen and oxygen atoms in total. The van der Waals surface area contributed by atoms with E-state index in [1.165, 1.54) is 0 Å². The third-order valence-electron chi connectivity index (χ3n) is 2.37. The lowest BCUT2D eigenvalue weighted by atomic mass is 10.1. The van der Waals surface area contributed by atoms with Crippen LogP contribution >= 0.6 is 11.8 Å². The lowest BCUT2D eigenvalue weighted by molar-refractivity contribution is -0.152. The van der Waals surface area contributed by atoms with Crippen LogP contribution in [0.1, 0.15) is 17.7 Å². The number of hydrogen-bond acceptors (Lipinski definition) is 5. The Morgan fingerprint density at radius 3 is 2.76 bits per heavy atom. The van der Waals surface area contributed by atoms with Crippen molar-refractivity contribution >= 4 is 23.0 Å². The molecule has 0 aliphatic carbocycles. The topological polar surface area (TPSA) is 52.6 Å². The van der Waals surface area contributed by atoms with Crippen molar-refractivity contribution in [3.8, 4) is 0 Å². The quantitative estimate of drug-likeness (QED) is 0.774. The number of carbonyl (C=O) groups is 2. The van der Waals surface area contributed by atoms with Crippen molar-refractivity contribution in [1.29, 1.82) is 0 Å². The van der Waals surface area contributed by atoms with Gasteiger partial charge >= 0.3 is 11.3 Å². The summed E-state index contributed by atoms with van der Waals surface area (Å²) in [6.07, 6.45) is -0.838. The standard InChI is InChI=1S/C12H12O4S/c1-2-15-11(13)9-10(17-12(14)16-9)8-6-4-3-5-7-8/h3-7,9-10H,2H2,1H3/t9-,10+/m0/s1. The van der Waals surface area contributed by atoms with Gasteiger partial charge in [-0.2, -0.15) is 0 Å². The molecule has 0 amide bonds. The molecule has 0 saturated carbocycles. The van der Waals surface area contributed by atoms with Gasteiger partial charge in [-0.25, -0.2) is 9.59 Å². The Hall–Kier alpha value is -1.49. The van der Waals surface area contributed by atoms with Crippen LogP contribution in [0.5, 0.6) is 0 Å². The third-order valence-corrected chi connectivity index (χ3v) is 3.43. The number of esters is 1. The van der Waals surface area contributed by atoms with Crippen LogP contribution in [0.25, 0.3) is 0 Å². The molecule has 0 bridgehead atoms. The molecule has 17 heavy (non-hydrogen) atoms. The first kappa shape index (κ1) is 12.0. The number of cyclic esters (lactones) is 1. The Balaban J connectivity index is 2.20. The van der Waals surface area contributed by atoms with Gasteiger partial charge in [0, 0.05) is 0 Å². The van der Waals surface area contributed by atoms with Gasteiger partial charge in [0.05, 0.1) is 11.9 Å². The second kappa shape index (κ2) is 5.23. The fourth-order valence-electron chi connectivity index (χ4n) is 1.64. The molecular formula is C12H12O4S. The van der Waals surface area contributed by atoms with Gasteiger partial charge in [-0.1, -0.05) is 30.3 Å². The summed E-state index contributed by atoms with van der Waals surface area (Å²) in [6.45, 7) is 2.00. The Bertz CT molecular complexity index is 418. The Morgan fingerprint density at radius 1 is 1.41 bits per heavy atom. The van der Waals surface area contributed by atoms with Crippen LogP contribution in [0.4, 0.5) is 4.79 Å². The van der Waals surface area contributed by atoms with E-state index in [0.29, 0.717) is 0 Å². The van der Waals surface area contributed by atoms with E-state index >= 15 is 0 Å². The van der Waals surface area contributed by atoms with E-state index in [9.17, 15) is 9.59 Å². The predicted octanol–water partition coefficient (Wildman–Crippen LogP) is 2.54. The molecule has 2 atom stereocenters. The van der Waals surface area contributed by atoms with E-state index in [4.69, 9.17) is 9.47 Å². The van der Waals surface area contributed by atoms with E-state index in [-0.39, 0.29) is 11.9 Å². The van der Waals surface area contributed by atoms with Crippen LogP contribution in [0.3, 0.4) is 0 Å². The van der Waals surface area contributed by atoms with Crippen molar-refractivity contribution in [2.75, 3.05) is 6.61 Å². The van der Waals surface area contributed by atoms with E-state index in [0.717, 1.165) is 17.3 Å². The molecule has 1 fully saturated rings. The van der Waals surface area contributed by atoms with E-state index in [2.05, 4.69) is 0 Å². The van der Waals surface area contributed by atoms with Crippen molar-refractivity contribution in [2.24, 2.45) is 0 Å². The maximum Gasteiger partial charge on any atom is 0.368 e. The van der Waals surface area contributed by atoms with Gasteiger partial charge in [0.25, 0.3) is 0 Å². The summed E-state index contributed by atoms with van der Waals surface area (Å²) in [5.41, 5.74) is 0.890. The van der Waals surface area contributed by atoms with Crippen LogP contribution < -0.4 is 0 Å². The van der Waals surface area contributed by atoms with Gasteiger partial charge in [0.15, 0.2) is 0 Å². The average Bonchev–Trinajstić information content (AvgIpc) is 2.73. The number of hydrogen-bond donors (Lipinski definition) is 0. The Morgan fingerprint density at radius 2 is 2.12 bits per heavy atom. The third kappa shape index (κ3) is 2.61. The summed E-state index contributed by atoms with van der Waals surface area (Å²) in [6, 6.07) is 9.34. The lowest BCUT2D eigenvalue weighted by Crippen LogP contribution is -2.27. The molecule has 90 valence electrons. The Kier molecular flexibility index (Phi) is 3.68. The molecule has 0 spiro atoms. The predicted molar refractivity (Wildman–Crippen MR) is 63.7 cm³/mol. The van der Waals surface area contributed by atoms with Gasteiger partial charge in [0.1, 0.15) is 0 Å². The second-order valence-electron chi connectivity index (χ2n) is 3.49. The summed E-state index contributed by atoms with van der Waals surface area (Å²) in [5.74, 6) is -0.486. The molecule has 1 aromatic rings. The lowest BCUT2D eigenvalue weighted by Gasteiger charge is -2.14. The largest absolute Gasteiger partial charge is 0.463 e. The molecule has 1 saturated heterocycles. The summed E-state index contributed by atoms with van der Waals surface area (Å²) in [7, 11) is 0. The van der Waals surface area contributed by atoms with Crippen LogP contribution in [0.2, 0.25) is 0 Å². The van der Waals surface area contributed by atoms with Crippen molar-refractivity contribution < 1.29 is 19.1 Å². The zero-order valence-corrected chi connectivity index (χ0v) is 10.1. The summed E-state index contributed by atoms with van der Waals surface area (Å²) < 4.78 is 9.89. The zero-order valence-electron chi connectivity index (χ0n) is 9.29. The van der Waals surface area contributed by atoms with Crippen molar-refractivity contribution in [3.63, 3.8) is 0 Å². The van der Waals surface area contributed by atoms with Crippen LogP contribution in [0.15, 0.2) is 30.3 Å². The average molecular weight is 252 g/mol. The number of thioether (sulfide) groups is 1. The first-order chi connectivity index (χ1) is 8.22. The summed E-state index contributed by atoms with van der Waals surface area (Å²) >= 11 is 1.02. The summed E-state index contributed by atoms with van der Waals surface area (Å²) in [4.78, 5) is 22.9. The highest BCUT2D eigenvalue weighted by Gasteiger charge is 2.42. The smallest absolute Gasteiger partial charge is 0.368 e. The molecule has 0 N–H and O–H groups in total. The van der Waals surface area contributed by atoms with Crippen LogP contribution in [0, 0.1) is 0 Å². The van der Waals surface area contributed by atoms with Gasteiger partial charge in [-0.05, 0) is 24.2 Å². The molecule has 1 aliphatic rings. The fourth-order valence-corrected chi connectivity index (χ4v) is 2.59. The normalized spacial score (nSPS) is 23.2. The number of ether oxygens (including phenoxy) is 2. The first-order valence-electron chi connectivity index (χ1n) is 5.31. The number of carbonyl (C=O) groups excluding carboxylic acids is 2. The van der Waals surface area contributed by atoms with Crippen LogP contribution in [-0.2, 0) is 14.3 Å².